The summed E-state index contributed by atoms with van der Waals surface area (Å²) in [6, 6.07) is 4.27. The van der Waals surface area contributed by atoms with Crippen molar-refractivity contribution in [2.24, 2.45) is 28.3 Å². The topological polar surface area (TPSA) is 110 Å². The van der Waals surface area contributed by atoms with Crippen LogP contribution in [-0.4, -0.2) is 58.5 Å². The zero-order valence-electron chi connectivity index (χ0n) is 18.5. The number of carbonyl (C=O) groups is 2. The van der Waals surface area contributed by atoms with Crippen LogP contribution in [-0.2, 0) is 19.6 Å². The molecule has 0 atom stereocenters. The highest BCUT2D eigenvalue weighted by Gasteiger charge is 2.55. The van der Waals surface area contributed by atoms with Gasteiger partial charge >= 0.3 is 5.97 Å². The van der Waals surface area contributed by atoms with E-state index in [9.17, 15) is 18.0 Å². The smallest absolute Gasteiger partial charge is 0.340 e. The fourth-order valence-electron chi connectivity index (χ4n) is 7.10. The van der Waals surface area contributed by atoms with Gasteiger partial charge in [0.1, 0.15) is 0 Å². The summed E-state index contributed by atoms with van der Waals surface area (Å²) < 4.78 is 28.3. The van der Waals surface area contributed by atoms with E-state index in [1.54, 1.807) is 6.07 Å². The van der Waals surface area contributed by atoms with E-state index in [1.807, 2.05) is 9.80 Å². The van der Waals surface area contributed by atoms with Gasteiger partial charge in [0.25, 0.3) is 0 Å². The van der Waals surface area contributed by atoms with E-state index in [0.29, 0.717) is 37.8 Å². The van der Waals surface area contributed by atoms with Crippen molar-refractivity contribution in [2.75, 3.05) is 38.2 Å². The average molecular weight is 462 g/mol. The largest absolute Gasteiger partial charge is 0.465 e. The molecule has 1 saturated heterocycles. The minimum absolute atomic E-state index is 0.128. The molecule has 8 nitrogen and oxygen atoms in total. The zero-order valence-corrected chi connectivity index (χ0v) is 19.3. The molecule has 5 aliphatic rings. The number of benzene rings is 1. The number of nitrogens with zero attached hydrogens (tertiary/aromatic N) is 2. The van der Waals surface area contributed by atoms with Gasteiger partial charge in [0.05, 0.1) is 28.7 Å². The van der Waals surface area contributed by atoms with Gasteiger partial charge in [0, 0.05) is 26.2 Å². The predicted octanol–water partition coefficient (Wildman–Crippen LogP) is 1.99. The van der Waals surface area contributed by atoms with Gasteiger partial charge in [0.15, 0.2) is 0 Å². The number of ether oxygens (including phenoxy) is 1. The fraction of sp³-hybridized carbons (Fsp3) is 0.652. The standard InChI is InChI=1S/C23H31N3O5S/c1-31-21(27)19-11-18(32(24,29)30)2-3-20(19)25-4-6-26(7-5-25)22(28)23-12-15-8-16(13-23)10-17(9-15)14-23/h2-3,11,15-17H,4-10,12-14H2,1H3,(H2,24,29,30). The Kier molecular flexibility index (Phi) is 5.24. The van der Waals surface area contributed by atoms with Crippen LogP contribution in [0.25, 0.3) is 0 Å². The number of anilines is 1. The first-order valence-corrected chi connectivity index (χ1v) is 13.0. The molecule has 1 aromatic carbocycles. The quantitative estimate of drug-likeness (QED) is 0.687. The van der Waals surface area contributed by atoms with Crippen LogP contribution in [0.4, 0.5) is 5.69 Å². The van der Waals surface area contributed by atoms with Crippen molar-refractivity contribution in [3.63, 3.8) is 0 Å². The molecule has 1 amide bonds. The number of esters is 1. The Morgan fingerprint density at radius 3 is 2.06 bits per heavy atom. The Bertz CT molecular complexity index is 1010. The van der Waals surface area contributed by atoms with Gasteiger partial charge in [-0.2, -0.15) is 0 Å². The highest BCUT2D eigenvalue weighted by molar-refractivity contribution is 7.89. The highest BCUT2D eigenvalue weighted by Crippen LogP contribution is 2.60. The number of primary sulfonamides is 1. The molecule has 174 valence electrons. The van der Waals surface area contributed by atoms with E-state index >= 15 is 0 Å². The number of hydrogen-bond acceptors (Lipinski definition) is 6. The summed E-state index contributed by atoms with van der Waals surface area (Å²) in [5.74, 6) is 1.90. The molecule has 1 aliphatic heterocycles. The van der Waals surface area contributed by atoms with Gasteiger partial charge in [-0.25, -0.2) is 18.4 Å². The Hall–Kier alpha value is -2.13. The first-order chi connectivity index (χ1) is 15.2. The molecule has 4 saturated carbocycles. The summed E-state index contributed by atoms with van der Waals surface area (Å²) in [4.78, 5) is 29.9. The minimum Gasteiger partial charge on any atom is -0.465 e. The molecule has 1 aromatic rings. The third-order valence-corrected chi connectivity index (χ3v) is 9.01. The van der Waals surface area contributed by atoms with Crippen LogP contribution < -0.4 is 10.0 Å². The molecule has 0 aromatic heterocycles. The summed E-state index contributed by atoms with van der Waals surface area (Å²) in [7, 11) is -2.67. The maximum Gasteiger partial charge on any atom is 0.340 e. The van der Waals surface area contributed by atoms with E-state index < -0.39 is 16.0 Å². The number of nitrogens with two attached hydrogens (primary N) is 1. The van der Waals surface area contributed by atoms with Crippen LogP contribution in [0.15, 0.2) is 23.1 Å². The van der Waals surface area contributed by atoms with Crippen LogP contribution in [0.1, 0.15) is 48.9 Å². The molecular formula is C23H31N3O5S. The number of rotatable bonds is 4. The molecular weight excluding hydrogens is 430 g/mol. The van der Waals surface area contributed by atoms with E-state index in [4.69, 9.17) is 9.88 Å². The average Bonchev–Trinajstić information content (AvgIpc) is 2.76. The molecule has 4 aliphatic carbocycles. The third-order valence-electron chi connectivity index (χ3n) is 8.10. The number of methoxy groups -OCH3 is 1. The van der Waals surface area contributed by atoms with Crippen molar-refractivity contribution < 1.29 is 22.7 Å². The molecule has 0 radical (unpaired) electrons. The van der Waals surface area contributed by atoms with E-state index in [2.05, 4.69) is 0 Å². The summed E-state index contributed by atoms with van der Waals surface area (Å²) in [5.41, 5.74) is 0.622. The van der Waals surface area contributed by atoms with Crippen molar-refractivity contribution in [3.8, 4) is 0 Å². The lowest BCUT2D eigenvalue weighted by Crippen LogP contribution is -2.58. The second-order valence-electron chi connectivity index (χ2n) is 10.2. The van der Waals surface area contributed by atoms with Crippen molar-refractivity contribution >= 4 is 27.6 Å². The van der Waals surface area contributed by atoms with Crippen molar-refractivity contribution in [1.29, 1.82) is 0 Å². The van der Waals surface area contributed by atoms with Crippen LogP contribution in [0.2, 0.25) is 0 Å². The first-order valence-electron chi connectivity index (χ1n) is 11.5. The molecule has 0 unspecified atom stereocenters. The van der Waals surface area contributed by atoms with Crippen LogP contribution >= 0.6 is 0 Å². The van der Waals surface area contributed by atoms with Gasteiger partial charge in [0.2, 0.25) is 15.9 Å². The maximum absolute atomic E-state index is 13.6. The molecule has 0 spiro atoms. The second kappa shape index (κ2) is 7.73. The van der Waals surface area contributed by atoms with Gasteiger partial charge in [-0.1, -0.05) is 0 Å². The van der Waals surface area contributed by atoms with Gasteiger partial charge < -0.3 is 14.5 Å². The lowest BCUT2D eigenvalue weighted by Gasteiger charge is -2.57. The molecule has 4 bridgehead atoms. The SMILES string of the molecule is COC(=O)c1cc(S(N)(=O)=O)ccc1N1CCN(C(=O)C23CC4CC(CC(C4)C2)C3)CC1. The summed E-state index contributed by atoms with van der Waals surface area (Å²) in [6.45, 7) is 2.35. The predicted molar refractivity (Wildman–Crippen MR) is 119 cm³/mol. The Morgan fingerprint density at radius 2 is 1.56 bits per heavy atom. The molecule has 1 heterocycles. The van der Waals surface area contributed by atoms with Crippen LogP contribution in [0.3, 0.4) is 0 Å². The van der Waals surface area contributed by atoms with Gasteiger partial charge in [-0.05, 0) is 74.5 Å². The van der Waals surface area contributed by atoms with Gasteiger partial charge in [-0.3, -0.25) is 4.79 Å². The zero-order chi connectivity index (χ0) is 22.7. The van der Waals surface area contributed by atoms with Gasteiger partial charge in [-0.15, -0.1) is 0 Å². The molecule has 5 fully saturated rings. The fourth-order valence-corrected chi connectivity index (χ4v) is 7.64. The number of piperazine rings is 1. The lowest BCUT2D eigenvalue weighted by molar-refractivity contribution is -0.158. The first kappa shape index (κ1) is 21.7. The maximum atomic E-state index is 13.6. The molecule has 32 heavy (non-hydrogen) atoms. The summed E-state index contributed by atoms with van der Waals surface area (Å²) in [6.07, 6.45) is 7.10. The van der Waals surface area contributed by atoms with Crippen molar-refractivity contribution in [2.45, 2.75) is 43.4 Å². The van der Waals surface area contributed by atoms with Crippen LogP contribution in [0, 0.1) is 23.2 Å². The Balaban J connectivity index is 1.32. The van der Waals surface area contributed by atoms with Crippen molar-refractivity contribution in [3.05, 3.63) is 23.8 Å². The number of amides is 1. The van der Waals surface area contributed by atoms with E-state index in [-0.39, 0.29) is 15.9 Å². The van der Waals surface area contributed by atoms with E-state index in [0.717, 1.165) is 37.0 Å². The molecule has 6 rings (SSSR count). The number of carbonyl (C=O) groups excluding carboxylic acids is 2. The number of sulfonamides is 1. The Morgan fingerprint density at radius 1 is 1.00 bits per heavy atom. The second-order valence-corrected chi connectivity index (χ2v) is 11.8. The highest BCUT2D eigenvalue weighted by atomic mass is 32.2. The summed E-state index contributed by atoms with van der Waals surface area (Å²) in [5, 5.41) is 5.23. The third kappa shape index (κ3) is 3.69. The van der Waals surface area contributed by atoms with Crippen LogP contribution in [0.5, 0.6) is 0 Å². The monoisotopic (exact) mass is 461 g/mol. The Labute approximate surface area is 189 Å². The lowest BCUT2D eigenvalue weighted by atomic mass is 9.49. The minimum atomic E-state index is -3.94. The van der Waals surface area contributed by atoms with Crippen molar-refractivity contribution in [1.82, 2.24) is 4.90 Å². The van der Waals surface area contributed by atoms with E-state index in [1.165, 1.54) is 38.5 Å². The number of hydrogen-bond donors (Lipinski definition) is 1. The summed E-state index contributed by atoms with van der Waals surface area (Å²) >= 11 is 0. The molecule has 2 N–H and O–H groups in total. The molecule has 9 heteroatoms. The normalized spacial score (nSPS) is 31.6.